The van der Waals surface area contributed by atoms with Crippen LogP contribution in [0.1, 0.15) is 66.1 Å². The molecule has 18 nitrogen and oxygen atoms in total. The van der Waals surface area contributed by atoms with Crippen LogP contribution in [0.4, 0.5) is 54.5 Å². The van der Waals surface area contributed by atoms with Gasteiger partial charge in [-0.3, -0.25) is 18.7 Å². The molecule has 400 valence electrons. The number of benzene rings is 2. The SMILES string of the molecule is CC(C)(C#Cc1ccc(-c2ccc(Cl)c3c(N(C(=O)NCCOP(=O)(O)O)S(C)(=O)=O)nn(CC(F)(F)F)c23)c(C(Cc2cc(F)cc(F)c2)NC(=O)Cn2nc(C(F)(F)F)c3c2C(F)(F)[C@@H]2C[C@H]32)n1)S(C)(=O)=O. The maximum absolute atomic E-state index is 15.6. The van der Waals surface area contributed by atoms with E-state index in [-0.39, 0.29) is 36.9 Å². The molecule has 3 aromatic heterocycles. The Labute approximate surface area is 417 Å². The number of aromatic nitrogens is 5. The van der Waals surface area contributed by atoms with Gasteiger partial charge >= 0.3 is 26.2 Å². The maximum Gasteiger partial charge on any atom is 0.469 e. The molecule has 74 heavy (non-hydrogen) atoms. The predicted octanol–water partition coefficient (Wildman–Crippen LogP) is 6.88. The molecule has 1 unspecified atom stereocenters. The predicted molar refractivity (Wildman–Crippen MR) is 241 cm³/mol. The normalized spacial score (nSPS) is 17.0. The van der Waals surface area contributed by atoms with Crippen LogP contribution in [0.5, 0.6) is 0 Å². The molecule has 2 aliphatic carbocycles. The number of fused-ring (bicyclic) bond motifs is 4. The van der Waals surface area contributed by atoms with Gasteiger partial charge in [0.25, 0.3) is 5.92 Å². The fraction of sp³-hybridized carbons (Fsp3) is 0.405. The Kier molecular flexibility index (Phi) is 14.6. The molecule has 32 heteroatoms. The monoisotopic (exact) mass is 1130 g/mol. The summed E-state index contributed by atoms with van der Waals surface area (Å²) in [5.41, 5.74) is -6.32. The third kappa shape index (κ3) is 11.8. The molecule has 0 saturated heterocycles. The van der Waals surface area contributed by atoms with Crippen molar-refractivity contribution in [3.8, 4) is 23.0 Å². The van der Waals surface area contributed by atoms with E-state index in [0.717, 1.165) is 42.7 Å². The summed E-state index contributed by atoms with van der Waals surface area (Å²) < 4.78 is 213. The molecular weight excluding hydrogens is 1100 g/mol. The van der Waals surface area contributed by atoms with Crippen molar-refractivity contribution in [2.75, 3.05) is 30.0 Å². The van der Waals surface area contributed by atoms with E-state index in [9.17, 15) is 66.1 Å². The number of carbonyl (C=O) groups excluding carboxylic acids is 2. The number of alkyl halides is 8. The standard InChI is InChI=1S/C42H38ClF10N8O10PS2/c1-39(2,73(3,67)68)10-9-23-5-6-24(25-7-8-28(43)32-34(25)60(19-40(46,47)48)58-37(32)61(74(4,69)70)38(63)54-11-12-71-72(64,65)66)33(55-23)29(15-20-13-21(44)16-22(45)14-20)56-30(62)18-59-36-31(35(57-59)42(51,52)53)26-17-27(26)41(36,49)50/h5-8,13-14,16,26-27,29H,11-12,15,17-19H2,1-4H3,(H,54,63)(H,56,62)(H2,64,65,66)/t26-,27+,29?/m0/s1. The Hall–Kier alpha value is -5.83. The molecule has 5 aromatic rings. The molecule has 3 atom stereocenters. The molecule has 2 aliphatic rings. The summed E-state index contributed by atoms with van der Waals surface area (Å²) >= 11 is 6.58. The van der Waals surface area contributed by atoms with Gasteiger partial charge in [0.05, 0.1) is 40.5 Å². The van der Waals surface area contributed by atoms with Crippen LogP contribution in [0.2, 0.25) is 5.02 Å². The van der Waals surface area contributed by atoms with Crippen LogP contribution in [-0.4, -0.2) is 99.7 Å². The minimum absolute atomic E-state index is 0.124. The molecule has 0 bridgehead atoms. The van der Waals surface area contributed by atoms with Crippen molar-refractivity contribution in [1.29, 1.82) is 0 Å². The van der Waals surface area contributed by atoms with Gasteiger partial charge in [-0.1, -0.05) is 23.6 Å². The highest BCUT2D eigenvalue weighted by molar-refractivity contribution is 7.93. The van der Waals surface area contributed by atoms with Crippen LogP contribution in [0.25, 0.3) is 22.0 Å². The molecular formula is C42H38ClF10N8O10PS2. The molecule has 3 amide bonds. The van der Waals surface area contributed by atoms with Crippen molar-refractivity contribution in [2.45, 2.75) is 74.8 Å². The lowest BCUT2D eigenvalue weighted by Crippen LogP contribution is -2.44. The fourth-order valence-electron chi connectivity index (χ4n) is 8.20. The number of carbonyl (C=O) groups is 2. The number of halogens is 11. The van der Waals surface area contributed by atoms with Gasteiger partial charge in [0.1, 0.15) is 40.9 Å². The van der Waals surface area contributed by atoms with E-state index in [4.69, 9.17) is 21.4 Å². The lowest BCUT2D eigenvalue weighted by Gasteiger charge is -2.23. The number of phosphoric ester groups is 1. The Morgan fingerprint density at radius 3 is 2.20 bits per heavy atom. The van der Waals surface area contributed by atoms with Gasteiger partial charge in [-0.25, -0.2) is 40.0 Å². The smallest absolute Gasteiger partial charge is 0.346 e. The van der Waals surface area contributed by atoms with Gasteiger partial charge in [0.15, 0.2) is 21.3 Å². The Balaban J connectivity index is 1.46. The second kappa shape index (κ2) is 19.4. The van der Waals surface area contributed by atoms with Crippen molar-refractivity contribution in [2.24, 2.45) is 5.92 Å². The summed E-state index contributed by atoms with van der Waals surface area (Å²) in [6.45, 7) is -2.66. The number of anilines is 1. The van der Waals surface area contributed by atoms with Gasteiger partial charge in [-0.2, -0.15) is 49.6 Å². The Morgan fingerprint density at radius 2 is 1.62 bits per heavy atom. The number of sulfone groups is 1. The zero-order valence-corrected chi connectivity index (χ0v) is 41.6. The van der Waals surface area contributed by atoms with Crippen molar-refractivity contribution < 1.29 is 89.2 Å². The summed E-state index contributed by atoms with van der Waals surface area (Å²) in [6.07, 6.45) is -10.2. The van der Waals surface area contributed by atoms with Crippen LogP contribution in [0.15, 0.2) is 42.5 Å². The van der Waals surface area contributed by atoms with Crippen LogP contribution < -0.4 is 14.9 Å². The van der Waals surface area contributed by atoms with E-state index in [1.807, 2.05) is 5.32 Å². The average molecular weight is 1140 g/mol. The van der Waals surface area contributed by atoms with E-state index in [2.05, 4.69) is 36.9 Å². The second-order valence-corrected chi connectivity index (χ2v) is 23.6. The topological polar surface area (TPSA) is 245 Å². The number of nitrogens with zero attached hydrogens (tertiary/aromatic N) is 6. The molecule has 0 aliphatic heterocycles. The molecule has 7 rings (SSSR count). The summed E-state index contributed by atoms with van der Waals surface area (Å²) in [6, 6.07) is 2.77. The van der Waals surface area contributed by atoms with Crippen molar-refractivity contribution in [3.05, 3.63) is 93.0 Å². The van der Waals surface area contributed by atoms with Gasteiger partial charge in [-0.15, -0.1) is 0 Å². The molecule has 1 fully saturated rings. The van der Waals surface area contributed by atoms with E-state index in [0.29, 0.717) is 12.3 Å². The van der Waals surface area contributed by atoms with Crippen molar-refractivity contribution in [1.82, 2.24) is 35.2 Å². The summed E-state index contributed by atoms with van der Waals surface area (Å²) in [5, 5.41) is 10.3. The van der Waals surface area contributed by atoms with E-state index in [1.54, 1.807) is 0 Å². The summed E-state index contributed by atoms with van der Waals surface area (Å²) in [4.78, 5) is 50.2. The largest absolute Gasteiger partial charge is 0.469 e. The highest BCUT2D eigenvalue weighted by atomic mass is 35.5. The summed E-state index contributed by atoms with van der Waals surface area (Å²) in [5.74, 6) is -6.37. The zero-order chi connectivity index (χ0) is 55.1. The number of amides is 3. The highest BCUT2D eigenvalue weighted by Crippen LogP contribution is 2.68. The van der Waals surface area contributed by atoms with E-state index in [1.165, 1.54) is 13.8 Å². The number of hydrogen-bond donors (Lipinski definition) is 4. The second-order valence-electron chi connectivity index (χ2n) is 17.6. The Morgan fingerprint density at radius 1 is 0.986 bits per heavy atom. The first-order chi connectivity index (χ1) is 33.9. The maximum atomic E-state index is 15.6. The lowest BCUT2D eigenvalue weighted by molar-refractivity contribution is -0.143. The number of hydrogen-bond acceptors (Lipinski definition) is 11. The van der Waals surface area contributed by atoms with Gasteiger partial charge in [0, 0.05) is 41.5 Å². The minimum atomic E-state index is -5.25. The average Bonchev–Trinajstić information content (AvgIpc) is 3.75. The summed E-state index contributed by atoms with van der Waals surface area (Å²) in [7, 11) is -14.0. The van der Waals surface area contributed by atoms with Crippen molar-refractivity contribution >= 4 is 67.9 Å². The minimum Gasteiger partial charge on any atom is -0.346 e. The first-order valence-corrected chi connectivity index (χ1v) is 26.8. The van der Waals surface area contributed by atoms with Gasteiger partial charge in [0.2, 0.25) is 15.9 Å². The fourth-order valence-corrected chi connectivity index (χ4v) is 9.81. The number of urea groups is 1. The van der Waals surface area contributed by atoms with Crippen LogP contribution in [-0.2, 0) is 65.4 Å². The number of pyridine rings is 1. The number of phosphoric acid groups is 1. The molecule has 2 aromatic carbocycles. The van der Waals surface area contributed by atoms with Crippen LogP contribution >= 0.6 is 19.4 Å². The molecule has 0 radical (unpaired) electrons. The number of nitrogens with one attached hydrogen (secondary N) is 2. The van der Waals surface area contributed by atoms with E-state index >= 15 is 8.78 Å². The molecule has 0 spiro atoms. The van der Waals surface area contributed by atoms with Crippen LogP contribution in [0, 0.1) is 29.4 Å². The van der Waals surface area contributed by atoms with Gasteiger partial charge < -0.3 is 20.4 Å². The van der Waals surface area contributed by atoms with Crippen LogP contribution in [0.3, 0.4) is 0 Å². The third-order valence-corrected chi connectivity index (χ3v) is 15.4. The Bertz CT molecular complexity index is 3450. The first-order valence-electron chi connectivity index (χ1n) is 21.2. The number of rotatable bonds is 15. The van der Waals surface area contributed by atoms with Gasteiger partial charge in [-0.05, 0) is 74.4 Å². The molecule has 3 heterocycles. The van der Waals surface area contributed by atoms with E-state index < -0.39 is 175 Å². The number of sulfonamides is 1. The molecule has 1 saturated carbocycles. The lowest BCUT2D eigenvalue weighted by atomic mass is 9.93. The zero-order valence-electron chi connectivity index (χ0n) is 38.3. The first kappa shape index (κ1) is 55.9. The quantitative estimate of drug-likeness (QED) is 0.0362. The highest BCUT2D eigenvalue weighted by Gasteiger charge is 2.68. The van der Waals surface area contributed by atoms with Crippen molar-refractivity contribution in [3.63, 3.8) is 0 Å². The molecule has 4 N–H and O–H groups in total. The third-order valence-electron chi connectivity index (χ3n) is 11.7.